The van der Waals surface area contributed by atoms with Crippen molar-refractivity contribution in [1.82, 2.24) is 0 Å². The Hall–Kier alpha value is 0.314. The number of carbonyl (C=O) groups excluding carboxylic acids is 1. The fraction of sp³-hybridized carbons (Fsp3) is 0.429. The van der Waals surface area contributed by atoms with Crippen molar-refractivity contribution < 1.29 is 42.2 Å². The van der Waals surface area contributed by atoms with Gasteiger partial charge < -0.3 is 11.7 Å². The number of cyclic esters (lactones) is 1. The van der Waals surface area contributed by atoms with Gasteiger partial charge in [-0.15, -0.1) is 0 Å². The molecule has 2 unspecified atom stereocenters. The van der Waals surface area contributed by atoms with E-state index in [1.165, 1.54) is 0 Å². The van der Waals surface area contributed by atoms with E-state index in [-0.39, 0.29) is 50.7 Å². The third kappa shape index (κ3) is 2.17. The van der Waals surface area contributed by atoms with Crippen molar-refractivity contribution in [3.8, 4) is 0 Å². The Morgan fingerprint density at radius 2 is 2.40 bits per heavy atom. The summed E-state index contributed by atoms with van der Waals surface area (Å²) in [7, 11) is 0. The first-order valence-electron chi connectivity index (χ1n) is 2.90. The van der Waals surface area contributed by atoms with E-state index in [9.17, 15) is 4.79 Å². The van der Waals surface area contributed by atoms with Crippen LogP contribution in [0.25, 0.3) is 0 Å². The molecule has 0 saturated carbocycles. The van der Waals surface area contributed by atoms with Gasteiger partial charge in [0.05, 0.1) is 0 Å². The second-order valence-corrected chi connectivity index (χ2v) is 2.14. The Labute approximate surface area is 85.9 Å². The van der Waals surface area contributed by atoms with Crippen LogP contribution < -0.4 is 0 Å². The Balaban J connectivity index is 0.000000810. The molecule has 1 heterocycles. The van der Waals surface area contributed by atoms with Crippen molar-refractivity contribution >= 4 is 5.97 Å². The SMILES string of the molecule is C=CC1CC([CH2-])C(=O)O1.[Y]. The molecule has 0 bridgehead atoms. The largest absolute Gasteiger partial charge is 0.460 e. The Morgan fingerprint density at radius 1 is 1.80 bits per heavy atom. The fourth-order valence-electron chi connectivity index (χ4n) is 0.815. The predicted octanol–water partition coefficient (Wildman–Crippen LogP) is 0.936. The van der Waals surface area contributed by atoms with Gasteiger partial charge in [-0.25, -0.2) is 0 Å². The van der Waals surface area contributed by atoms with Crippen LogP contribution in [0.1, 0.15) is 6.42 Å². The molecule has 1 aliphatic rings. The van der Waals surface area contributed by atoms with Gasteiger partial charge in [-0.1, -0.05) is 18.6 Å². The average Bonchev–Trinajstić information content (AvgIpc) is 2.13. The molecule has 1 radical (unpaired) electrons. The molecule has 1 rings (SSSR count). The van der Waals surface area contributed by atoms with Crippen molar-refractivity contribution in [1.29, 1.82) is 0 Å². The molecule has 1 saturated heterocycles. The van der Waals surface area contributed by atoms with Gasteiger partial charge in [-0.2, -0.15) is 0 Å². The van der Waals surface area contributed by atoms with Crippen molar-refractivity contribution in [2.24, 2.45) is 5.92 Å². The topological polar surface area (TPSA) is 26.3 Å². The summed E-state index contributed by atoms with van der Waals surface area (Å²) in [4.78, 5) is 10.6. The van der Waals surface area contributed by atoms with Crippen LogP contribution >= 0.6 is 0 Å². The van der Waals surface area contributed by atoms with Crippen LogP contribution in [0.15, 0.2) is 12.7 Å². The van der Waals surface area contributed by atoms with Crippen LogP contribution in [-0.2, 0) is 42.2 Å². The third-order valence-corrected chi connectivity index (χ3v) is 1.38. The molecular formula is C7H9O2Y-. The van der Waals surface area contributed by atoms with Gasteiger partial charge in [-0.3, -0.25) is 4.79 Å². The Bertz CT molecular complexity index is 145. The molecule has 0 amide bonds. The maximum absolute atomic E-state index is 10.6. The van der Waals surface area contributed by atoms with E-state index >= 15 is 0 Å². The van der Waals surface area contributed by atoms with Crippen LogP contribution in [0.3, 0.4) is 0 Å². The predicted molar refractivity (Wildman–Crippen MR) is 33.5 cm³/mol. The normalized spacial score (nSPS) is 30.7. The third-order valence-electron chi connectivity index (χ3n) is 1.38. The maximum Gasteiger partial charge on any atom is 0.279 e. The molecular weight excluding hydrogens is 205 g/mol. The van der Waals surface area contributed by atoms with Crippen molar-refractivity contribution in [3.63, 3.8) is 0 Å². The number of rotatable bonds is 1. The summed E-state index contributed by atoms with van der Waals surface area (Å²) in [6, 6.07) is 0. The second kappa shape index (κ2) is 4.25. The second-order valence-electron chi connectivity index (χ2n) is 2.14. The number of hydrogen-bond donors (Lipinski definition) is 0. The molecule has 3 heteroatoms. The van der Waals surface area contributed by atoms with E-state index in [4.69, 9.17) is 4.74 Å². The molecule has 2 atom stereocenters. The molecule has 0 aromatic carbocycles. The van der Waals surface area contributed by atoms with Gasteiger partial charge in [0, 0.05) is 32.7 Å². The van der Waals surface area contributed by atoms with Gasteiger partial charge >= 0.3 is 0 Å². The van der Waals surface area contributed by atoms with E-state index in [2.05, 4.69) is 13.5 Å². The first-order chi connectivity index (χ1) is 4.24. The van der Waals surface area contributed by atoms with Crippen molar-refractivity contribution in [2.45, 2.75) is 12.5 Å². The number of esters is 1. The van der Waals surface area contributed by atoms with E-state index in [1.54, 1.807) is 6.08 Å². The van der Waals surface area contributed by atoms with Crippen LogP contribution in [0.4, 0.5) is 0 Å². The molecule has 2 nitrogen and oxygen atoms in total. The van der Waals surface area contributed by atoms with E-state index in [0.717, 1.165) is 0 Å². The molecule has 10 heavy (non-hydrogen) atoms. The number of carbonyl (C=O) groups is 1. The number of ether oxygens (including phenoxy) is 1. The zero-order valence-electron chi connectivity index (χ0n) is 5.75. The van der Waals surface area contributed by atoms with Gasteiger partial charge in [0.1, 0.15) is 6.10 Å². The van der Waals surface area contributed by atoms with E-state index in [0.29, 0.717) is 6.42 Å². The van der Waals surface area contributed by atoms with Crippen molar-refractivity contribution in [3.05, 3.63) is 19.6 Å². The summed E-state index contributed by atoms with van der Waals surface area (Å²) in [5.74, 6) is -0.395. The van der Waals surface area contributed by atoms with Gasteiger partial charge in [0.25, 0.3) is 5.97 Å². The molecule has 53 valence electrons. The molecule has 0 aromatic heterocycles. The van der Waals surface area contributed by atoms with E-state index in [1.807, 2.05) is 0 Å². The summed E-state index contributed by atoms with van der Waals surface area (Å²) in [6.45, 7) is 7.10. The van der Waals surface area contributed by atoms with Gasteiger partial charge in [0.2, 0.25) is 0 Å². The van der Waals surface area contributed by atoms with Crippen LogP contribution in [0.2, 0.25) is 0 Å². The molecule has 1 fully saturated rings. The maximum atomic E-state index is 10.6. The summed E-state index contributed by atoms with van der Waals surface area (Å²) in [6.07, 6.45) is 2.21. The minimum atomic E-state index is -0.208. The standard InChI is InChI=1S/C7H9O2.Y/c1-3-6-4-5(2)7(8)9-6;/h3,5-6H,1-2,4H2;/q-1;. The van der Waals surface area contributed by atoms with E-state index < -0.39 is 0 Å². The summed E-state index contributed by atoms with van der Waals surface area (Å²) in [5, 5.41) is 0. The monoisotopic (exact) mass is 214 g/mol. The molecule has 0 aromatic rings. The minimum absolute atomic E-state index is 0. The van der Waals surface area contributed by atoms with Crippen molar-refractivity contribution in [2.75, 3.05) is 0 Å². The van der Waals surface area contributed by atoms with Gasteiger partial charge in [0.15, 0.2) is 0 Å². The first-order valence-corrected chi connectivity index (χ1v) is 2.90. The molecule has 0 N–H and O–H groups in total. The van der Waals surface area contributed by atoms with Crippen LogP contribution in [0, 0.1) is 12.8 Å². The smallest absolute Gasteiger partial charge is 0.279 e. The summed E-state index contributed by atoms with van der Waals surface area (Å²) < 4.78 is 4.80. The van der Waals surface area contributed by atoms with Gasteiger partial charge in [-0.05, 0) is 6.42 Å². The van der Waals surface area contributed by atoms with Crippen LogP contribution in [-0.4, -0.2) is 12.1 Å². The Morgan fingerprint density at radius 3 is 2.60 bits per heavy atom. The van der Waals surface area contributed by atoms with Crippen LogP contribution in [0.5, 0.6) is 0 Å². The zero-order valence-corrected chi connectivity index (χ0v) is 8.59. The molecule has 1 aliphatic heterocycles. The minimum Gasteiger partial charge on any atom is -0.460 e. The first kappa shape index (κ1) is 10.3. The average molecular weight is 214 g/mol. The number of hydrogen-bond acceptors (Lipinski definition) is 2. The summed E-state index contributed by atoms with van der Waals surface area (Å²) >= 11 is 0. The molecule has 0 spiro atoms. The quantitative estimate of drug-likeness (QED) is 0.369. The fourth-order valence-corrected chi connectivity index (χ4v) is 0.815. The zero-order chi connectivity index (χ0) is 6.85. The molecule has 0 aliphatic carbocycles. The Kier molecular flexibility index (Phi) is 4.38. The summed E-state index contributed by atoms with van der Waals surface area (Å²) in [5.41, 5.74) is 0.